The van der Waals surface area contributed by atoms with Crippen LogP contribution in [0.15, 0.2) is 0 Å². The molecule has 0 bridgehead atoms. The molecule has 2 heteroatoms. The third kappa shape index (κ3) is 2.80. The molecule has 0 aliphatic heterocycles. The van der Waals surface area contributed by atoms with E-state index in [4.69, 9.17) is 4.74 Å². The summed E-state index contributed by atoms with van der Waals surface area (Å²) in [6, 6.07) is 0.697. The van der Waals surface area contributed by atoms with Crippen LogP contribution in [0.4, 0.5) is 0 Å². The normalized spacial score (nSPS) is 31.6. The summed E-state index contributed by atoms with van der Waals surface area (Å²) in [4.78, 5) is 0. The lowest BCUT2D eigenvalue weighted by molar-refractivity contribution is -0.101. The first-order valence-electron chi connectivity index (χ1n) is 4.36. The maximum Gasteiger partial charge on any atom is 0.0612 e. The first-order valence-corrected chi connectivity index (χ1v) is 4.36. The highest BCUT2D eigenvalue weighted by atomic mass is 16.5. The summed E-state index contributed by atoms with van der Waals surface area (Å²) in [5.74, 6) is 0. The molecule has 0 unspecified atom stereocenters. The van der Waals surface area contributed by atoms with E-state index in [0.717, 1.165) is 0 Å². The molecule has 2 nitrogen and oxygen atoms in total. The molecule has 1 fully saturated rings. The van der Waals surface area contributed by atoms with Gasteiger partial charge in [-0.15, -0.1) is 0 Å². The highest BCUT2D eigenvalue weighted by molar-refractivity contribution is 4.86. The molecule has 1 saturated carbocycles. The second kappa shape index (κ2) is 3.11. The number of ether oxygens (including phenoxy) is 1. The standard InChI is InChI=1S/C9H19NO/c1-9(2,3)11-8-5-7(6-8)10-4/h7-8,10H,5-6H2,1-4H3/t7-,8+. The number of rotatable bonds is 2. The monoisotopic (exact) mass is 157 g/mol. The highest BCUT2D eigenvalue weighted by Crippen LogP contribution is 2.27. The van der Waals surface area contributed by atoms with Gasteiger partial charge in [-0.1, -0.05) is 0 Å². The van der Waals surface area contributed by atoms with Gasteiger partial charge in [0.15, 0.2) is 0 Å². The van der Waals surface area contributed by atoms with Crippen molar-refractivity contribution in [1.82, 2.24) is 5.32 Å². The lowest BCUT2D eigenvalue weighted by atomic mass is 9.89. The minimum atomic E-state index is 0.0311. The Balaban J connectivity index is 2.14. The van der Waals surface area contributed by atoms with Gasteiger partial charge in [0.25, 0.3) is 0 Å². The van der Waals surface area contributed by atoms with Crippen LogP contribution in [0.5, 0.6) is 0 Å². The molecule has 66 valence electrons. The Morgan fingerprint density at radius 3 is 2.18 bits per heavy atom. The summed E-state index contributed by atoms with van der Waals surface area (Å²) < 4.78 is 5.77. The predicted octanol–water partition coefficient (Wildman–Crippen LogP) is 1.55. The van der Waals surface area contributed by atoms with Gasteiger partial charge in [-0.3, -0.25) is 0 Å². The molecule has 0 aromatic carbocycles. The van der Waals surface area contributed by atoms with Crippen LogP contribution in [0.2, 0.25) is 0 Å². The van der Waals surface area contributed by atoms with Crippen LogP contribution in [-0.2, 0) is 4.74 Å². The molecule has 0 amide bonds. The Labute approximate surface area is 69.3 Å². The van der Waals surface area contributed by atoms with Crippen LogP contribution in [0.1, 0.15) is 33.6 Å². The van der Waals surface area contributed by atoms with Crippen LogP contribution >= 0.6 is 0 Å². The summed E-state index contributed by atoms with van der Waals surface area (Å²) >= 11 is 0. The van der Waals surface area contributed by atoms with E-state index in [0.29, 0.717) is 12.1 Å². The van der Waals surface area contributed by atoms with Gasteiger partial charge in [0, 0.05) is 6.04 Å². The Morgan fingerprint density at radius 1 is 1.27 bits per heavy atom. The third-order valence-corrected chi connectivity index (χ3v) is 2.02. The zero-order valence-electron chi connectivity index (χ0n) is 7.98. The molecular weight excluding hydrogens is 138 g/mol. The molecular formula is C9H19NO. The van der Waals surface area contributed by atoms with E-state index in [1.807, 2.05) is 7.05 Å². The Hall–Kier alpha value is -0.0800. The minimum absolute atomic E-state index is 0.0311. The first kappa shape index (κ1) is 9.01. The maximum absolute atomic E-state index is 5.77. The van der Waals surface area contributed by atoms with Gasteiger partial charge in [-0.2, -0.15) is 0 Å². The van der Waals surface area contributed by atoms with Crippen molar-refractivity contribution in [3.05, 3.63) is 0 Å². The molecule has 11 heavy (non-hydrogen) atoms. The van der Waals surface area contributed by atoms with Gasteiger partial charge in [-0.05, 0) is 40.7 Å². The number of hydrogen-bond donors (Lipinski definition) is 1. The SMILES string of the molecule is CN[C@H]1C[C@@H](OC(C)(C)C)C1. The van der Waals surface area contributed by atoms with Gasteiger partial charge >= 0.3 is 0 Å². The van der Waals surface area contributed by atoms with Crippen LogP contribution in [0, 0.1) is 0 Å². The summed E-state index contributed by atoms with van der Waals surface area (Å²) in [5, 5.41) is 3.24. The van der Waals surface area contributed by atoms with Crippen molar-refractivity contribution in [2.24, 2.45) is 0 Å². The maximum atomic E-state index is 5.77. The van der Waals surface area contributed by atoms with E-state index in [2.05, 4.69) is 26.1 Å². The van der Waals surface area contributed by atoms with Crippen LogP contribution in [-0.4, -0.2) is 24.8 Å². The molecule has 0 atom stereocenters. The molecule has 1 rings (SSSR count). The Bertz CT molecular complexity index is 122. The quantitative estimate of drug-likeness (QED) is 0.656. The summed E-state index contributed by atoms with van der Waals surface area (Å²) in [5.41, 5.74) is 0.0311. The topological polar surface area (TPSA) is 21.3 Å². The van der Waals surface area contributed by atoms with Crippen molar-refractivity contribution in [3.63, 3.8) is 0 Å². The fraction of sp³-hybridized carbons (Fsp3) is 1.00. The largest absolute Gasteiger partial charge is 0.373 e. The van der Waals surface area contributed by atoms with Gasteiger partial charge in [-0.25, -0.2) is 0 Å². The molecule has 1 aliphatic rings. The van der Waals surface area contributed by atoms with E-state index in [9.17, 15) is 0 Å². The molecule has 0 aromatic heterocycles. The zero-order valence-corrected chi connectivity index (χ0v) is 7.98. The predicted molar refractivity (Wildman–Crippen MR) is 46.7 cm³/mol. The highest BCUT2D eigenvalue weighted by Gasteiger charge is 2.31. The molecule has 0 spiro atoms. The van der Waals surface area contributed by atoms with Crippen LogP contribution in [0.25, 0.3) is 0 Å². The summed E-state index contributed by atoms with van der Waals surface area (Å²) in [6.07, 6.45) is 2.84. The van der Waals surface area contributed by atoms with Gasteiger partial charge in [0.05, 0.1) is 11.7 Å². The number of nitrogens with one attached hydrogen (secondary N) is 1. The Morgan fingerprint density at radius 2 is 1.82 bits per heavy atom. The summed E-state index contributed by atoms with van der Waals surface area (Å²) in [7, 11) is 2.01. The van der Waals surface area contributed by atoms with E-state index < -0.39 is 0 Å². The van der Waals surface area contributed by atoms with E-state index in [1.54, 1.807) is 0 Å². The molecule has 0 saturated heterocycles. The zero-order chi connectivity index (χ0) is 8.48. The lowest BCUT2D eigenvalue weighted by Crippen LogP contribution is -2.46. The van der Waals surface area contributed by atoms with Gasteiger partial charge < -0.3 is 10.1 Å². The molecule has 1 N–H and O–H groups in total. The lowest BCUT2D eigenvalue weighted by Gasteiger charge is -2.39. The van der Waals surface area contributed by atoms with E-state index >= 15 is 0 Å². The van der Waals surface area contributed by atoms with Crippen molar-refractivity contribution in [2.45, 2.75) is 51.4 Å². The van der Waals surface area contributed by atoms with Crippen molar-refractivity contribution in [1.29, 1.82) is 0 Å². The fourth-order valence-corrected chi connectivity index (χ4v) is 1.40. The van der Waals surface area contributed by atoms with Gasteiger partial charge in [0.2, 0.25) is 0 Å². The first-order chi connectivity index (χ1) is 5.01. The summed E-state index contributed by atoms with van der Waals surface area (Å²) in [6.45, 7) is 6.33. The van der Waals surface area contributed by atoms with Crippen molar-refractivity contribution in [3.8, 4) is 0 Å². The molecule has 1 aliphatic carbocycles. The second-order valence-corrected chi connectivity index (χ2v) is 4.31. The van der Waals surface area contributed by atoms with Crippen molar-refractivity contribution in [2.75, 3.05) is 7.05 Å². The fourth-order valence-electron chi connectivity index (χ4n) is 1.40. The van der Waals surface area contributed by atoms with Crippen molar-refractivity contribution >= 4 is 0 Å². The van der Waals surface area contributed by atoms with E-state index in [1.165, 1.54) is 12.8 Å². The third-order valence-electron chi connectivity index (χ3n) is 2.02. The molecule has 0 heterocycles. The van der Waals surface area contributed by atoms with Crippen LogP contribution in [0.3, 0.4) is 0 Å². The average Bonchev–Trinajstić information content (AvgIpc) is 1.75. The van der Waals surface area contributed by atoms with Crippen molar-refractivity contribution < 1.29 is 4.74 Å². The average molecular weight is 157 g/mol. The smallest absolute Gasteiger partial charge is 0.0612 e. The number of hydrogen-bond acceptors (Lipinski definition) is 2. The Kier molecular flexibility index (Phi) is 2.55. The minimum Gasteiger partial charge on any atom is -0.373 e. The van der Waals surface area contributed by atoms with Crippen LogP contribution < -0.4 is 5.32 Å². The molecule has 0 radical (unpaired) electrons. The van der Waals surface area contributed by atoms with Gasteiger partial charge in [0.1, 0.15) is 0 Å². The van der Waals surface area contributed by atoms with E-state index in [-0.39, 0.29) is 5.60 Å². The molecule has 0 aromatic rings. The second-order valence-electron chi connectivity index (χ2n) is 4.31.